The molecular formula is C8H10F5N3S. The monoisotopic (exact) mass is 275 g/mol. The van der Waals surface area contributed by atoms with E-state index >= 15 is 0 Å². The van der Waals surface area contributed by atoms with Gasteiger partial charge in [0, 0.05) is 6.54 Å². The third-order valence-electron chi connectivity index (χ3n) is 1.79. The Kier molecular flexibility index (Phi) is 4.36. The number of hydrogen-bond donors (Lipinski definition) is 1. The molecule has 0 spiro atoms. The summed E-state index contributed by atoms with van der Waals surface area (Å²) in [6, 6.07) is 0. The van der Waals surface area contributed by atoms with Crippen molar-refractivity contribution in [3.05, 3.63) is 10.0 Å². The fourth-order valence-corrected chi connectivity index (χ4v) is 1.75. The third kappa shape index (κ3) is 3.32. The van der Waals surface area contributed by atoms with Crippen molar-refractivity contribution in [1.82, 2.24) is 15.5 Å². The minimum atomic E-state index is -5.64. The van der Waals surface area contributed by atoms with Crippen molar-refractivity contribution in [2.45, 2.75) is 32.0 Å². The number of aromatic nitrogens is 2. The lowest BCUT2D eigenvalue weighted by molar-refractivity contribution is -0.289. The first-order valence-corrected chi connectivity index (χ1v) is 5.58. The third-order valence-corrected chi connectivity index (χ3v) is 2.79. The Balaban J connectivity index is 2.74. The van der Waals surface area contributed by atoms with Gasteiger partial charge >= 0.3 is 12.1 Å². The smallest absolute Gasteiger partial charge is 0.310 e. The fraction of sp³-hybridized carbons (Fsp3) is 0.750. The summed E-state index contributed by atoms with van der Waals surface area (Å²) in [5.74, 6) is -4.94. The van der Waals surface area contributed by atoms with Crippen molar-refractivity contribution in [3.63, 3.8) is 0 Å². The zero-order valence-corrected chi connectivity index (χ0v) is 9.63. The summed E-state index contributed by atoms with van der Waals surface area (Å²) >= 11 is 0.262. The standard InChI is InChI=1S/C8H10F5N3S/c1-2-3-14-4-5-15-16-6(17-5)7(9,10)8(11,12)13/h14H,2-4H2,1H3. The Labute approximate surface area is 98.0 Å². The molecule has 1 aromatic rings. The minimum absolute atomic E-state index is 0.109. The molecule has 0 saturated carbocycles. The number of halogens is 5. The van der Waals surface area contributed by atoms with Gasteiger partial charge in [0.15, 0.2) is 5.01 Å². The van der Waals surface area contributed by atoms with Gasteiger partial charge in [0.1, 0.15) is 5.01 Å². The van der Waals surface area contributed by atoms with Crippen LogP contribution in [-0.4, -0.2) is 22.9 Å². The molecule has 3 nitrogen and oxygen atoms in total. The van der Waals surface area contributed by atoms with Gasteiger partial charge in [-0.05, 0) is 13.0 Å². The van der Waals surface area contributed by atoms with E-state index in [0.29, 0.717) is 6.54 Å². The maximum absolute atomic E-state index is 12.8. The molecule has 1 N–H and O–H groups in total. The van der Waals surface area contributed by atoms with Gasteiger partial charge in [0.05, 0.1) is 0 Å². The number of rotatable bonds is 5. The highest BCUT2D eigenvalue weighted by atomic mass is 32.1. The van der Waals surface area contributed by atoms with Gasteiger partial charge in [-0.2, -0.15) is 22.0 Å². The molecule has 0 aliphatic carbocycles. The van der Waals surface area contributed by atoms with Crippen LogP contribution in [0.25, 0.3) is 0 Å². The first kappa shape index (κ1) is 14.2. The van der Waals surface area contributed by atoms with Crippen LogP contribution in [0.4, 0.5) is 22.0 Å². The quantitative estimate of drug-likeness (QED) is 0.663. The van der Waals surface area contributed by atoms with E-state index in [2.05, 4.69) is 15.5 Å². The van der Waals surface area contributed by atoms with Crippen molar-refractivity contribution in [3.8, 4) is 0 Å². The summed E-state index contributed by atoms with van der Waals surface area (Å²) in [5.41, 5.74) is 0. The number of nitrogens with zero attached hydrogens (tertiary/aromatic N) is 2. The zero-order chi connectivity index (χ0) is 13.1. The van der Waals surface area contributed by atoms with Crippen LogP contribution in [-0.2, 0) is 12.5 Å². The molecule has 17 heavy (non-hydrogen) atoms. The molecule has 0 amide bonds. The number of hydrogen-bond acceptors (Lipinski definition) is 4. The molecule has 0 aromatic carbocycles. The van der Waals surface area contributed by atoms with E-state index in [1.165, 1.54) is 0 Å². The van der Waals surface area contributed by atoms with E-state index < -0.39 is 17.1 Å². The van der Waals surface area contributed by atoms with Crippen molar-refractivity contribution in [1.29, 1.82) is 0 Å². The average Bonchev–Trinajstić information content (AvgIpc) is 2.65. The van der Waals surface area contributed by atoms with Crippen molar-refractivity contribution in [2.24, 2.45) is 0 Å². The van der Waals surface area contributed by atoms with Crippen molar-refractivity contribution < 1.29 is 22.0 Å². The van der Waals surface area contributed by atoms with E-state index in [-0.39, 0.29) is 22.9 Å². The Bertz CT molecular complexity index is 362. The normalized spacial score (nSPS) is 13.1. The van der Waals surface area contributed by atoms with Crippen LogP contribution >= 0.6 is 11.3 Å². The summed E-state index contributed by atoms with van der Waals surface area (Å²) in [6.07, 6.45) is -4.81. The number of alkyl halides is 5. The van der Waals surface area contributed by atoms with Gasteiger partial charge in [-0.1, -0.05) is 18.3 Å². The van der Waals surface area contributed by atoms with Gasteiger partial charge in [-0.15, -0.1) is 10.2 Å². The van der Waals surface area contributed by atoms with Crippen molar-refractivity contribution in [2.75, 3.05) is 6.54 Å². The molecule has 0 aliphatic heterocycles. The topological polar surface area (TPSA) is 37.8 Å². The lowest BCUT2D eigenvalue weighted by Gasteiger charge is -2.15. The molecule has 0 unspecified atom stereocenters. The van der Waals surface area contributed by atoms with Crippen LogP contribution in [0.1, 0.15) is 23.4 Å². The predicted molar refractivity (Wildman–Crippen MR) is 51.9 cm³/mol. The Morgan fingerprint density at radius 1 is 1.18 bits per heavy atom. The summed E-state index contributed by atoms with van der Waals surface area (Å²) in [5, 5.41) is 7.81. The summed E-state index contributed by atoms with van der Waals surface area (Å²) in [4.78, 5) is 0. The van der Waals surface area contributed by atoms with E-state index in [9.17, 15) is 22.0 Å². The van der Waals surface area contributed by atoms with Gasteiger partial charge in [0.25, 0.3) is 0 Å². The van der Waals surface area contributed by atoms with Gasteiger partial charge in [-0.3, -0.25) is 0 Å². The van der Waals surface area contributed by atoms with E-state index in [4.69, 9.17) is 0 Å². The maximum atomic E-state index is 12.8. The molecule has 1 heterocycles. The zero-order valence-electron chi connectivity index (χ0n) is 8.81. The van der Waals surface area contributed by atoms with Crippen LogP contribution < -0.4 is 5.32 Å². The molecule has 0 saturated heterocycles. The predicted octanol–water partition coefficient (Wildman–Crippen LogP) is 2.69. The first-order valence-electron chi connectivity index (χ1n) is 4.77. The second-order valence-electron chi connectivity index (χ2n) is 3.25. The molecule has 98 valence electrons. The second kappa shape index (κ2) is 5.21. The summed E-state index contributed by atoms with van der Waals surface area (Å²) < 4.78 is 61.7. The number of nitrogens with one attached hydrogen (secondary N) is 1. The molecule has 0 bridgehead atoms. The molecular weight excluding hydrogens is 265 g/mol. The molecule has 0 fully saturated rings. The minimum Gasteiger partial charge on any atom is -0.310 e. The van der Waals surface area contributed by atoms with Gasteiger partial charge < -0.3 is 5.32 Å². The fourth-order valence-electron chi connectivity index (χ4n) is 0.945. The first-order chi connectivity index (χ1) is 7.79. The second-order valence-corrected chi connectivity index (χ2v) is 4.31. The van der Waals surface area contributed by atoms with E-state index in [1.54, 1.807) is 0 Å². The van der Waals surface area contributed by atoms with Crippen LogP contribution in [0, 0.1) is 0 Å². The lowest BCUT2D eigenvalue weighted by atomic mass is 10.3. The van der Waals surface area contributed by atoms with Gasteiger partial charge in [-0.25, -0.2) is 0 Å². The highest BCUT2D eigenvalue weighted by Crippen LogP contribution is 2.44. The molecule has 1 aromatic heterocycles. The Morgan fingerprint density at radius 3 is 2.35 bits per heavy atom. The van der Waals surface area contributed by atoms with Crippen molar-refractivity contribution >= 4 is 11.3 Å². The van der Waals surface area contributed by atoms with Crippen LogP contribution in [0.2, 0.25) is 0 Å². The van der Waals surface area contributed by atoms with Crippen LogP contribution in [0.5, 0.6) is 0 Å². The lowest BCUT2D eigenvalue weighted by Crippen LogP contribution is -2.33. The average molecular weight is 275 g/mol. The molecule has 9 heteroatoms. The highest BCUT2D eigenvalue weighted by molar-refractivity contribution is 7.11. The highest BCUT2D eigenvalue weighted by Gasteiger charge is 2.61. The van der Waals surface area contributed by atoms with Crippen LogP contribution in [0.15, 0.2) is 0 Å². The van der Waals surface area contributed by atoms with Gasteiger partial charge in [0.2, 0.25) is 0 Å². The molecule has 1 rings (SSSR count). The Hall–Kier alpha value is -0.830. The Morgan fingerprint density at radius 2 is 1.82 bits per heavy atom. The van der Waals surface area contributed by atoms with E-state index in [1.807, 2.05) is 6.92 Å². The maximum Gasteiger partial charge on any atom is 0.460 e. The largest absolute Gasteiger partial charge is 0.460 e. The van der Waals surface area contributed by atoms with Crippen LogP contribution in [0.3, 0.4) is 0 Å². The molecule has 0 aliphatic rings. The SMILES string of the molecule is CCCNCc1nnc(C(F)(F)C(F)(F)F)s1. The molecule has 0 radical (unpaired) electrons. The van der Waals surface area contributed by atoms with E-state index in [0.717, 1.165) is 6.42 Å². The summed E-state index contributed by atoms with van der Waals surface area (Å²) in [6.45, 7) is 2.67. The summed E-state index contributed by atoms with van der Waals surface area (Å²) in [7, 11) is 0. The molecule has 0 atom stereocenters.